The van der Waals surface area contributed by atoms with Crippen LogP contribution < -0.4 is 9.80 Å². The Labute approximate surface area is 188 Å². The SMILES string of the molecule is OC(c1ccccc1)(c1ccccc1)c1ncccc1N1CCN(c2ccncc2)CC1. The molecule has 0 amide bonds. The Morgan fingerprint density at radius 2 is 1.19 bits per heavy atom. The standard InChI is InChI=1S/C27H26N4O/c32-27(22-8-3-1-4-9-22,23-10-5-2-6-11-23)26-25(12-7-15-29-26)31-20-18-30(19-21-31)24-13-16-28-17-14-24/h1-17,32H,18-21H2. The van der Waals surface area contributed by atoms with E-state index in [1.54, 1.807) is 6.20 Å². The number of benzene rings is 2. The molecule has 5 nitrogen and oxygen atoms in total. The summed E-state index contributed by atoms with van der Waals surface area (Å²) in [5.41, 5.74) is 3.09. The van der Waals surface area contributed by atoms with Gasteiger partial charge in [0.2, 0.25) is 0 Å². The minimum atomic E-state index is -1.35. The van der Waals surface area contributed by atoms with Gasteiger partial charge >= 0.3 is 0 Å². The minimum absolute atomic E-state index is 0.662. The van der Waals surface area contributed by atoms with Gasteiger partial charge in [0.05, 0.1) is 5.69 Å². The second kappa shape index (κ2) is 8.81. The van der Waals surface area contributed by atoms with Gasteiger partial charge in [0.15, 0.2) is 5.60 Å². The summed E-state index contributed by atoms with van der Waals surface area (Å²) in [5, 5.41) is 12.3. The highest BCUT2D eigenvalue weighted by molar-refractivity contribution is 5.60. The largest absolute Gasteiger partial charge is 0.374 e. The predicted molar refractivity (Wildman–Crippen MR) is 128 cm³/mol. The lowest BCUT2D eigenvalue weighted by Crippen LogP contribution is -2.47. The molecule has 1 saturated heterocycles. The Morgan fingerprint density at radius 1 is 0.625 bits per heavy atom. The highest BCUT2D eigenvalue weighted by atomic mass is 16.3. The highest BCUT2D eigenvalue weighted by Crippen LogP contribution is 2.40. The lowest BCUT2D eigenvalue weighted by molar-refractivity contribution is 0.121. The van der Waals surface area contributed by atoms with Crippen molar-refractivity contribution in [2.24, 2.45) is 0 Å². The van der Waals surface area contributed by atoms with E-state index in [-0.39, 0.29) is 0 Å². The van der Waals surface area contributed by atoms with Gasteiger partial charge in [-0.25, -0.2) is 0 Å². The molecule has 1 N–H and O–H groups in total. The number of aliphatic hydroxyl groups is 1. The van der Waals surface area contributed by atoms with Crippen molar-refractivity contribution in [1.29, 1.82) is 0 Å². The van der Waals surface area contributed by atoms with Crippen LogP contribution in [0.1, 0.15) is 16.8 Å². The molecule has 0 bridgehead atoms. The van der Waals surface area contributed by atoms with E-state index in [9.17, 15) is 5.11 Å². The first kappa shape index (κ1) is 20.2. The summed E-state index contributed by atoms with van der Waals surface area (Å²) in [6.07, 6.45) is 5.43. The van der Waals surface area contributed by atoms with Crippen LogP contribution in [0.5, 0.6) is 0 Å². The first-order valence-electron chi connectivity index (χ1n) is 11.0. The molecule has 0 radical (unpaired) electrons. The van der Waals surface area contributed by atoms with Crippen LogP contribution in [0.15, 0.2) is 104 Å². The molecule has 0 spiro atoms. The van der Waals surface area contributed by atoms with Crippen molar-refractivity contribution in [1.82, 2.24) is 9.97 Å². The summed E-state index contributed by atoms with van der Waals surface area (Å²) < 4.78 is 0. The fourth-order valence-corrected chi connectivity index (χ4v) is 4.49. The third kappa shape index (κ3) is 3.72. The average Bonchev–Trinajstić information content (AvgIpc) is 2.90. The number of aromatic nitrogens is 2. The lowest BCUT2D eigenvalue weighted by Gasteiger charge is -2.40. The van der Waals surface area contributed by atoms with Crippen LogP contribution in [0.3, 0.4) is 0 Å². The van der Waals surface area contributed by atoms with Gasteiger partial charge in [-0.05, 0) is 35.4 Å². The molecule has 0 atom stereocenters. The van der Waals surface area contributed by atoms with Gasteiger partial charge in [-0.1, -0.05) is 60.7 Å². The molecule has 0 saturated carbocycles. The van der Waals surface area contributed by atoms with E-state index < -0.39 is 5.60 Å². The number of hydrogen-bond donors (Lipinski definition) is 1. The normalized spacial score (nSPS) is 14.4. The Kier molecular flexibility index (Phi) is 5.57. The van der Waals surface area contributed by atoms with Crippen molar-refractivity contribution in [3.05, 3.63) is 120 Å². The maximum Gasteiger partial charge on any atom is 0.159 e. The molecule has 5 heteroatoms. The van der Waals surface area contributed by atoms with E-state index in [1.807, 2.05) is 79.1 Å². The predicted octanol–water partition coefficient (Wildman–Crippen LogP) is 4.09. The zero-order valence-corrected chi connectivity index (χ0v) is 17.9. The lowest BCUT2D eigenvalue weighted by atomic mass is 9.82. The summed E-state index contributed by atoms with van der Waals surface area (Å²) in [6.45, 7) is 3.49. The molecule has 32 heavy (non-hydrogen) atoms. The van der Waals surface area contributed by atoms with E-state index in [2.05, 4.69) is 33.0 Å². The molecule has 2 aromatic heterocycles. The van der Waals surface area contributed by atoms with E-state index >= 15 is 0 Å². The molecular formula is C27H26N4O. The maximum atomic E-state index is 12.3. The van der Waals surface area contributed by atoms with Gasteiger partial charge in [0, 0.05) is 50.5 Å². The van der Waals surface area contributed by atoms with Gasteiger partial charge < -0.3 is 14.9 Å². The number of anilines is 2. The average molecular weight is 423 g/mol. The zero-order chi connectivity index (χ0) is 21.8. The second-order valence-electron chi connectivity index (χ2n) is 7.99. The van der Waals surface area contributed by atoms with Crippen LogP contribution in [-0.4, -0.2) is 41.3 Å². The molecular weight excluding hydrogens is 396 g/mol. The molecule has 0 aliphatic carbocycles. The number of nitrogens with zero attached hydrogens (tertiary/aromatic N) is 4. The van der Waals surface area contributed by atoms with E-state index in [0.717, 1.165) is 43.0 Å². The second-order valence-corrected chi connectivity index (χ2v) is 7.99. The van der Waals surface area contributed by atoms with Crippen molar-refractivity contribution < 1.29 is 5.11 Å². The summed E-state index contributed by atoms with van der Waals surface area (Å²) >= 11 is 0. The molecule has 3 heterocycles. The van der Waals surface area contributed by atoms with Crippen molar-refractivity contribution in [3.63, 3.8) is 0 Å². The summed E-state index contributed by atoms with van der Waals surface area (Å²) in [7, 11) is 0. The van der Waals surface area contributed by atoms with Crippen LogP contribution in [-0.2, 0) is 5.60 Å². The first-order chi connectivity index (χ1) is 15.8. The van der Waals surface area contributed by atoms with Crippen LogP contribution in [0.2, 0.25) is 0 Å². The van der Waals surface area contributed by atoms with Gasteiger partial charge in [0.1, 0.15) is 5.69 Å². The van der Waals surface area contributed by atoms with Gasteiger partial charge in [-0.15, -0.1) is 0 Å². The van der Waals surface area contributed by atoms with Crippen molar-refractivity contribution in [3.8, 4) is 0 Å². The van der Waals surface area contributed by atoms with Crippen LogP contribution in [0, 0.1) is 0 Å². The maximum absolute atomic E-state index is 12.3. The molecule has 2 aromatic carbocycles. The first-order valence-corrected chi connectivity index (χ1v) is 11.0. The Balaban J connectivity index is 1.52. The monoisotopic (exact) mass is 422 g/mol. The number of piperazine rings is 1. The molecule has 4 aromatic rings. The quantitative estimate of drug-likeness (QED) is 0.525. The fraction of sp³-hybridized carbons (Fsp3) is 0.185. The van der Waals surface area contributed by atoms with Crippen molar-refractivity contribution in [2.45, 2.75) is 5.60 Å². The third-order valence-electron chi connectivity index (χ3n) is 6.16. The topological polar surface area (TPSA) is 52.5 Å². The van der Waals surface area contributed by atoms with Crippen LogP contribution in [0.4, 0.5) is 11.4 Å². The molecule has 5 rings (SSSR count). The summed E-state index contributed by atoms with van der Waals surface area (Å²) in [5.74, 6) is 0. The molecule has 0 unspecified atom stereocenters. The van der Waals surface area contributed by atoms with E-state index in [1.165, 1.54) is 5.69 Å². The Hall–Kier alpha value is -3.70. The van der Waals surface area contributed by atoms with E-state index in [0.29, 0.717) is 5.69 Å². The van der Waals surface area contributed by atoms with Crippen molar-refractivity contribution >= 4 is 11.4 Å². The van der Waals surface area contributed by atoms with Gasteiger partial charge in [0.25, 0.3) is 0 Å². The zero-order valence-electron chi connectivity index (χ0n) is 17.9. The van der Waals surface area contributed by atoms with Gasteiger partial charge in [-0.3, -0.25) is 9.97 Å². The van der Waals surface area contributed by atoms with Gasteiger partial charge in [-0.2, -0.15) is 0 Å². The summed E-state index contributed by atoms with van der Waals surface area (Å²) in [6, 6.07) is 27.7. The smallest absolute Gasteiger partial charge is 0.159 e. The Bertz CT molecular complexity index is 1100. The molecule has 160 valence electrons. The summed E-state index contributed by atoms with van der Waals surface area (Å²) in [4.78, 5) is 13.6. The van der Waals surface area contributed by atoms with Crippen LogP contribution >= 0.6 is 0 Å². The molecule has 1 aliphatic rings. The van der Waals surface area contributed by atoms with Crippen molar-refractivity contribution in [2.75, 3.05) is 36.0 Å². The van der Waals surface area contributed by atoms with Crippen LogP contribution in [0.25, 0.3) is 0 Å². The number of hydrogen-bond acceptors (Lipinski definition) is 5. The fourth-order valence-electron chi connectivity index (χ4n) is 4.49. The molecule has 1 aliphatic heterocycles. The Morgan fingerprint density at radius 3 is 1.78 bits per heavy atom. The highest BCUT2D eigenvalue weighted by Gasteiger charge is 2.38. The number of pyridine rings is 2. The number of rotatable bonds is 5. The van der Waals surface area contributed by atoms with E-state index in [4.69, 9.17) is 4.98 Å². The minimum Gasteiger partial charge on any atom is -0.374 e. The molecule has 1 fully saturated rings. The third-order valence-corrected chi connectivity index (χ3v) is 6.16.